The van der Waals surface area contributed by atoms with E-state index in [-0.39, 0.29) is 53.5 Å². The molecule has 0 saturated carbocycles. The Bertz CT molecular complexity index is 2340. The number of carboxylic acid groups (broad SMARTS) is 1. The van der Waals surface area contributed by atoms with Gasteiger partial charge in [0.25, 0.3) is 0 Å². The van der Waals surface area contributed by atoms with Crippen molar-refractivity contribution in [3.63, 3.8) is 0 Å². The van der Waals surface area contributed by atoms with Gasteiger partial charge in [-0.3, -0.25) is 4.79 Å². The molecule has 0 amide bonds. The molecule has 0 spiro atoms. The largest absolute Gasteiger partial charge is 0.481 e. The molecule has 0 fully saturated rings. The zero-order valence-electron chi connectivity index (χ0n) is 27.6. The number of rotatable bonds is 4. The Hall–Kier alpha value is -4.63. The van der Waals surface area contributed by atoms with Crippen molar-refractivity contribution in [2.75, 3.05) is 23.0 Å². The first-order chi connectivity index (χ1) is 23.5. The summed E-state index contributed by atoms with van der Waals surface area (Å²) in [6.45, 7) is 3.33. The minimum atomic E-state index is -3.95. The molecule has 0 saturated heterocycles. The lowest BCUT2D eigenvalue weighted by Gasteiger charge is -2.28. The normalized spacial score (nSPS) is 19.9. The summed E-state index contributed by atoms with van der Waals surface area (Å²) in [7, 11) is -6.33. The number of aromatic nitrogens is 4. The summed E-state index contributed by atoms with van der Waals surface area (Å²) in [5.41, 5.74) is 0.770. The summed E-state index contributed by atoms with van der Waals surface area (Å²) in [5, 5.41) is 14.6. The van der Waals surface area contributed by atoms with Gasteiger partial charge in [0, 0.05) is 35.8 Å². The summed E-state index contributed by atoms with van der Waals surface area (Å²) in [6.07, 6.45) is 1.58. The molecular formula is C35H36F2N4O7S2. The van der Waals surface area contributed by atoms with Gasteiger partial charge in [0.15, 0.2) is 42.9 Å². The SMILES string of the molecule is CC(Cc1cccc(C2(C)CCS(=O)(=O)CCS(=O)(=O)CCc3c(c(F)cc4[nH]ccc34)Oc3ccc(F)c(c3)-c3nc2nn3C)c1)C(=O)O. The molecule has 15 heteroatoms. The second kappa shape index (κ2) is 13.2. The van der Waals surface area contributed by atoms with Crippen molar-refractivity contribution in [3.05, 3.63) is 94.9 Å². The standard InChI is InChI=1S/C35H36F2N4O7S2/c1-21(33(42)43)17-22-5-4-6-23(18-22)35(2)11-14-50(46,47)16-15-49(44,45)13-10-26-25-9-12-38-30(25)20-29(37)31(26)48-24-7-8-28(36)27(19-24)32-39-34(35)40-41(32)3/h4-9,12,18-21,38H,10-11,13-17H2,1-3H3,(H,42,43). The van der Waals surface area contributed by atoms with Crippen molar-refractivity contribution in [1.82, 2.24) is 19.7 Å². The monoisotopic (exact) mass is 726 g/mol. The van der Waals surface area contributed by atoms with E-state index in [1.807, 2.05) is 0 Å². The molecule has 1 aliphatic rings. The van der Waals surface area contributed by atoms with Crippen LogP contribution in [0, 0.1) is 17.6 Å². The Morgan fingerprint density at radius 3 is 2.50 bits per heavy atom. The molecule has 2 N–H and O–H groups in total. The number of hydrogen-bond donors (Lipinski definition) is 2. The maximum absolute atomic E-state index is 15.6. The van der Waals surface area contributed by atoms with Crippen LogP contribution in [0.5, 0.6) is 11.5 Å². The van der Waals surface area contributed by atoms with Crippen LogP contribution in [0.1, 0.15) is 42.8 Å². The highest BCUT2D eigenvalue weighted by Gasteiger charge is 2.37. The van der Waals surface area contributed by atoms with Crippen LogP contribution in [0.4, 0.5) is 8.78 Å². The molecule has 2 unspecified atom stereocenters. The predicted octanol–water partition coefficient (Wildman–Crippen LogP) is 5.38. The highest BCUT2D eigenvalue weighted by Crippen LogP contribution is 2.39. The average Bonchev–Trinajstić information content (AvgIpc) is 3.70. The molecule has 2 aromatic heterocycles. The Labute approximate surface area is 288 Å². The maximum atomic E-state index is 15.6. The molecule has 2 atom stereocenters. The lowest BCUT2D eigenvalue weighted by molar-refractivity contribution is -0.141. The number of aryl methyl sites for hydroxylation is 2. The van der Waals surface area contributed by atoms with Crippen LogP contribution in [0.2, 0.25) is 0 Å². The summed E-state index contributed by atoms with van der Waals surface area (Å²) in [6, 6.07) is 13.8. The van der Waals surface area contributed by atoms with Gasteiger partial charge < -0.3 is 14.8 Å². The van der Waals surface area contributed by atoms with E-state index >= 15 is 8.78 Å². The smallest absolute Gasteiger partial charge is 0.306 e. The fourth-order valence-corrected chi connectivity index (χ4v) is 9.91. The molecular weight excluding hydrogens is 691 g/mol. The van der Waals surface area contributed by atoms with Gasteiger partial charge in [-0.2, -0.15) is 5.10 Å². The van der Waals surface area contributed by atoms with Crippen molar-refractivity contribution in [3.8, 4) is 22.9 Å². The van der Waals surface area contributed by atoms with E-state index in [1.165, 1.54) is 22.9 Å². The highest BCUT2D eigenvalue weighted by atomic mass is 32.2. The Kier molecular flexibility index (Phi) is 9.33. The number of carboxylic acids is 1. The fourth-order valence-electron chi connectivity index (χ4n) is 6.23. The van der Waals surface area contributed by atoms with E-state index < -0.39 is 71.6 Å². The first kappa shape index (κ1) is 35.2. The lowest BCUT2D eigenvalue weighted by atomic mass is 9.78. The number of H-pyrrole nitrogens is 1. The first-order valence-electron chi connectivity index (χ1n) is 16.0. The van der Waals surface area contributed by atoms with Crippen molar-refractivity contribution in [2.45, 2.75) is 38.5 Å². The summed E-state index contributed by atoms with van der Waals surface area (Å²) in [4.78, 5) is 19.2. The number of benzene rings is 3. The molecule has 264 valence electrons. The third-order valence-corrected chi connectivity index (χ3v) is 12.9. The third-order valence-electron chi connectivity index (χ3n) is 9.33. The summed E-state index contributed by atoms with van der Waals surface area (Å²) < 4.78 is 91.8. The van der Waals surface area contributed by atoms with Gasteiger partial charge in [0.2, 0.25) is 0 Å². The van der Waals surface area contributed by atoms with Crippen LogP contribution >= 0.6 is 0 Å². The second-order valence-electron chi connectivity index (χ2n) is 13.0. The number of nitrogens with zero attached hydrogens (tertiary/aromatic N) is 3. The number of carbonyl (C=O) groups is 1. The van der Waals surface area contributed by atoms with E-state index in [1.54, 1.807) is 57.4 Å². The van der Waals surface area contributed by atoms with E-state index in [9.17, 15) is 26.7 Å². The van der Waals surface area contributed by atoms with Gasteiger partial charge in [-0.15, -0.1) is 0 Å². The van der Waals surface area contributed by atoms with Gasteiger partial charge in [-0.05, 0) is 61.6 Å². The van der Waals surface area contributed by atoms with Crippen molar-refractivity contribution in [1.29, 1.82) is 0 Å². The van der Waals surface area contributed by atoms with Crippen molar-refractivity contribution in [2.24, 2.45) is 13.0 Å². The molecule has 50 heavy (non-hydrogen) atoms. The molecule has 0 radical (unpaired) electrons. The van der Waals surface area contributed by atoms with Gasteiger partial charge in [0.1, 0.15) is 11.6 Å². The van der Waals surface area contributed by atoms with E-state index in [0.717, 1.165) is 6.07 Å². The number of ether oxygens (including phenoxy) is 1. The van der Waals surface area contributed by atoms with Gasteiger partial charge in [-0.1, -0.05) is 31.2 Å². The quantitative estimate of drug-likeness (QED) is 0.248. The average molecular weight is 727 g/mol. The Balaban J connectivity index is 1.51. The molecule has 5 aromatic rings. The number of hydrogen-bond acceptors (Lipinski definition) is 8. The Morgan fingerprint density at radius 1 is 1.02 bits per heavy atom. The molecule has 1 aliphatic heterocycles. The fraction of sp³-hybridized carbons (Fsp3) is 0.343. The number of aliphatic carboxylic acids is 1. The zero-order valence-corrected chi connectivity index (χ0v) is 29.2. The maximum Gasteiger partial charge on any atom is 0.306 e. The number of nitrogens with one attached hydrogen (secondary N) is 1. The van der Waals surface area contributed by atoms with E-state index in [4.69, 9.17) is 9.72 Å². The second-order valence-corrected chi connectivity index (χ2v) is 17.6. The number of sulfone groups is 2. The van der Waals surface area contributed by atoms with Gasteiger partial charge >= 0.3 is 5.97 Å². The molecule has 4 bridgehead atoms. The minimum Gasteiger partial charge on any atom is -0.481 e. The predicted molar refractivity (Wildman–Crippen MR) is 184 cm³/mol. The number of aromatic amines is 1. The third kappa shape index (κ3) is 7.15. The Morgan fingerprint density at radius 2 is 1.76 bits per heavy atom. The highest BCUT2D eigenvalue weighted by molar-refractivity contribution is 7.95. The van der Waals surface area contributed by atoms with E-state index in [0.29, 0.717) is 22.0 Å². The van der Waals surface area contributed by atoms with Gasteiger partial charge in [-0.25, -0.2) is 35.3 Å². The summed E-state index contributed by atoms with van der Waals surface area (Å²) in [5.74, 6) is -5.14. The minimum absolute atomic E-state index is 0.0175. The van der Waals surface area contributed by atoms with Crippen LogP contribution in [0.3, 0.4) is 0 Å². The lowest BCUT2D eigenvalue weighted by Crippen LogP contribution is -2.31. The van der Waals surface area contributed by atoms with Crippen molar-refractivity contribution >= 4 is 36.5 Å². The van der Waals surface area contributed by atoms with Crippen LogP contribution < -0.4 is 4.74 Å². The first-order valence-corrected chi connectivity index (χ1v) is 19.6. The van der Waals surface area contributed by atoms with Crippen LogP contribution in [0.15, 0.2) is 60.8 Å². The molecule has 11 nitrogen and oxygen atoms in total. The van der Waals surface area contributed by atoms with Gasteiger partial charge in [0.05, 0.1) is 39.9 Å². The topological polar surface area (TPSA) is 161 Å². The van der Waals surface area contributed by atoms with Crippen LogP contribution in [-0.4, -0.2) is 70.7 Å². The molecule has 6 rings (SSSR count). The van der Waals surface area contributed by atoms with Crippen LogP contribution in [0.25, 0.3) is 22.3 Å². The zero-order chi connectivity index (χ0) is 36.0. The molecule has 3 heterocycles. The summed E-state index contributed by atoms with van der Waals surface area (Å²) >= 11 is 0. The molecule has 0 aliphatic carbocycles. The van der Waals surface area contributed by atoms with Crippen LogP contribution in [-0.2, 0) is 49.8 Å². The van der Waals surface area contributed by atoms with Crippen molar-refractivity contribution < 1.29 is 40.3 Å². The number of halogens is 2. The number of fused-ring (bicyclic) bond motifs is 8. The molecule has 3 aromatic carbocycles. The van der Waals surface area contributed by atoms with E-state index in [2.05, 4.69) is 10.1 Å².